The van der Waals surface area contributed by atoms with Crippen molar-refractivity contribution in [1.82, 2.24) is 10.2 Å². The molecule has 0 amide bonds. The summed E-state index contributed by atoms with van der Waals surface area (Å²) in [5.41, 5.74) is 2.43. The third-order valence-electron chi connectivity index (χ3n) is 4.33. The monoisotopic (exact) mass is 471 g/mol. The van der Waals surface area contributed by atoms with Gasteiger partial charge < -0.3 is 15.5 Å². The normalized spacial score (nSPS) is 8.86. The van der Waals surface area contributed by atoms with Crippen molar-refractivity contribution in [3.63, 3.8) is 0 Å². The summed E-state index contributed by atoms with van der Waals surface area (Å²) >= 11 is 0. The maximum atomic E-state index is 3.26. The molecule has 0 unspecified atom stereocenters. The van der Waals surface area contributed by atoms with Crippen LogP contribution in [-0.4, -0.2) is 38.6 Å². The Kier molecular flexibility index (Phi) is 23.2. The molecule has 3 heteroatoms. The van der Waals surface area contributed by atoms with Crippen molar-refractivity contribution in [2.75, 3.05) is 39.0 Å². The Hall–Kier alpha value is -3.16. The Bertz CT molecular complexity index is 901. The molecule has 0 saturated carbocycles. The summed E-state index contributed by atoms with van der Waals surface area (Å²) in [5.74, 6) is 18.3. The molecule has 0 aromatic heterocycles. The van der Waals surface area contributed by atoms with E-state index < -0.39 is 0 Å². The van der Waals surface area contributed by atoms with Crippen LogP contribution in [0.3, 0.4) is 0 Å². The van der Waals surface area contributed by atoms with Crippen LogP contribution in [0.1, 0.15) is 58.4 Å². The van der Waals surface area contributed by atoms with Crippen LogP contribution in [0.25, 0.3) is 0 Å². The lowest BCUT2D eigenvalue weighted by molar-refractivity contribution is 0.419. The molecule has 35 heavy (non-hydrogen) atoms. The molecule has 0 aliphatic heterocycles. The van der Waals surface area contributed by atoms with Crippen molar-refractivity contribution in [3.05, 3.63) is 66.2 Å². The van der Waals surface area contributed by atoms with Crippen LogP contribution in [0.15, 0.2) is 60.7 Å². The highest BCUT2D eigenvalue weighted by Crippen LogP contribution is 2.03. The number of rotatable bonds is 8. The minimum Gasteiger partial charge on any atom is -0.374 e. The quantitative estimate of drug-likeness (QED) is 0.342. The Morgan fingerprint density at radius 2 is 1.23 bits per heavy atom. The highest BCUT2D eigenvalue weighted by molar-refractivity contribution is 5.43. The number of unbranched alkanes of at least 4 members (excludes halogenated alkanes) is 1. The van der Waals surface area contributed by atoms with Crippen molar-refractivity contribution in [2.24, 2.45) is 0 Å². The van der Waals surface area contributed by atoms with Gasteiger partial charge in [-0.2, -0.15) is 0 Å². The Labute approximate surface area is 216 Å². The predicted octanol–water partition coefficient (Wildman–Crippen LogP) is 6.44. The summed E-state index contributed by atoms with van der Waals surface area (Å²) in [6.45, 7) is 9.76. The molecule has 188 valence electrons. The highest BCUT2D eigenvalue weighted by Gasteiger charge is 1.87. The maximum Gasteiger partial charge on any atom is 0.0765 e. The molecule has 0 spiro atoms. The van der Waals surface area contributed by atoms with E-state index in [2.05, 4.69) is 110 Å². The SMILES string of the molecule is CCC#CCNCc1ccccc1.CCC#CCNc1ccccc1.CCCC#CCCN(C)C. The van der Waals surface area contributed by atoms with Gasteiger partial charge in [0.1, 0.15) is 0 Å². The Balaban J connectivity index is 0.000000501. The average Bonchev–Trinajstić information content (AvgIpc) is 2.88. The van der Waals surface area contributed by atoms with Gasteiger partial charge in [-0.15, -0.1) is 23.7 Å². The zero-order valence-electron chi connectivity index (χ0n) is 22.6. The smallest absolute Gasteiger partial charge is 0.0765 e. The summed E-state index contributed by atoms with van der Waals surface area (Å²) in [7, 11) is 4.14. The van der Waals surface area contributed by atoms with E-state index in [1.54, 1.807) is 0 Å². The summed E-state index contributed by atoms with van der Waals surface area (Å²) in [6.07, 6.45) is 5.10. The molecule has 0 heterocycles. The maximum absolute atomic E-state index is 3.26. The van der Waals surface area contributed by atoms with E-state index in [0.717, 1.165) is 57.5 Å². The van der Waals surface area contributed by atoms with Gasteiger partial charge in [-0.1, -0.05) is 81.1 Å². The van der Waals surface area contributed by atoms with E-state index in [9.17, 15) is 0 Å². The predicted molar refractivity (Wildman–Crippen MR) is 155 cm³/mol. The van der Waals surface area contributed by atoms with Crippen molar-refractivity contribution in [3.8, 4) is 35.5 Å². The minimum atomic E-state index is 0.734. The fourth-order valence-electron chi connectivity index (χ4n) is 2.52. The van der Waals surface area contributed by atoms with E-state index in [1.165, 1.54) is 12.0 Å². The summed E-state index contributed by atoms with van der Waals surface area (Å²) in [6, 6.07) is 20.4. The van der Waals surface area contributed by atoms with Crippen LogP contribution in [0.5, 0.6) is 0 Å². The first kappa shape index (κ1) is 31.8. The zero-order valence-corrected chi connectivity index (χ0v) is 22.6. The molecule has 0 aliphatic rings. The van der Waals surface area contributed by atoms with Gasteiger partial charge in [-0.3, -0.25) is 0 Å². The molecule has 2 N–H and O–H groups in total. The largest absolute Gasteiger partial charge is 0.374 e. The van der Waals surface area contributed by atoms with Gasteiger partial charge in [0, 0.05) is 44.5 Å². The minimum absolute atomic E-state index is 0.734. The van der Waals surface area contributed by atoms with Gasteiger partial charge in [0.2, 0.25) is 0 Å². The van der Waals surface area contributed by atoms with Crippen molar-refractivity contribution >= 4 is 5.69 Å². The fraction of sp³-hybridized carbons (Fsp3) is 0.438. The molecule has 2 aromatic rings. The molecule has 0 aliphatic carbocycles. The molecule has 0 fully saturated rings. The van der Waals surface area contributed by atoms with Crippen molar-refractivity contribution < 1.29 is 0 Å². The van der Waals surface area contributed by atoms with Crippen LogP contribution in [0.4, 0.5) is 5.69 Å². The van der Waals surface area contributed by atoms with E-state index >= 15 is 0 Å². The first-order valence-corrected chi connectivity index (χ1v) is 12.7. The third-order valence-corrected chi connectivity index (χ3v) is 4.33. The van der Waals surface area contributed by atoms with E-state index in [1.807, 2.05) is 36.4 Å². The lowest BCUT2D eigenvalue weighted by Gasteiger charge is -2.03. The van der Waals surface area contributed by atoms with Gasteiger partial charge >= 0.3 is 0 Å². The summed E-state index contributed by atoms with van der Waals surface area (Å²) < 4.78 is 0. The van der Waals surface area contributed by atoms with Gasteiger partial charge in [0.05, 0.1) is 13.1 Å². The van der Waals surface area contributed by atoms with E-state index in [0.29, 0.717) is 0 Å². The number of hydrogen-bond acceptors (Lipinski definition) is 3. The lowest BCUT2D eigenvalue weighted by Crippen LogP contribution is -2.12. The van der Waals surface area contributed by atoms with Crippen LogP contribution in [0.2, 0.25) is 0 Å². The second-order valence-electron chi connectivity index (χ2n) is 7.88. The molecular formula is C32H45N3. The molecular weight excluding hydrogens is 426 g/mol. The summed E-state index contributed by atoms with van der Waals surface area (Å²) in [4.78, 5) is 2.15. The van der Waals surface area contributed by atoms with Gasteiger partial charge in [-0.05, 0) is 38.2 Å². The third kappa shape index (κ3) is 23.8. The van der Waals surface area contributed by atoms with E-state index in [-0.39, 0.29) is 0 Å². The second-order valence-corrected chi connectivity index (χ2v) is 7.88. The van der Waals surface area contributed by atoms with Crippen LogP contribution in [0, 0.1) is 35.5 Å². The van der Waals surface area contributed by atoms with Gasteiger partial charge in [0.25, 0.3) is 0 Å². The van der Waals surface area contributed by atoms with Gasteiger partial charge in [-0.25, -0.2) is 0 Å². The summed E-state index contributed by atoms with van der Waals surface area (Å²) in [5, 5.41) is 6.47. The lowest BCUT2D eigenvalue weighted by atomic mass is 10.2. The number of nitrogens with one attached hydrogen (secondary N) is 2. The number of para-hydroxylation sites is 1. The second kappa shape index (κ2) is 25.5. The van der Waals surface area contributed by atoms with Gasteiger partial charge in [0.15, 0.2) is 0 Å². The zero-order chi connectivity index (χ0) is 25.8. The number of anilines is 1. The topological polar surface area (TPSA) is 27.3 Å². The Morgan fingerprint density at radius 1 is 0.657 bits per heavy atom. The standard InChI is InChI=1S/C12H15N.C11H13N.C9H17N/c1-2-3-7-10-13-11-12-8-5-4-6-9-12;1-2-3-7-10-12-11-8-5-4-6-9-11;1-4-5-6-7-8-9-10(2)3/h4-6,8-9,13H,2,10-11H2,1H3;4-6,8-9,12H,2,10H2,1H3;4-5,8-9H2,1-3H3. The van der Waals surface area contributed by atoms with Crippen molar-refractivity contribution in [1.29, 1.82) is 0 Å². The first-order chi connectivity index (χ1) is 17.1. The highest BCUT2D eigenvalue weighted by atomic mass is 15.0. The van der Waals surface area contributed by atoms with E-state index in [4.69, 9.17) is 0 Å². The first-order valence-electron chi connectivity index (χ1n) is 12.7. The Morgan fingerprint density at radius 3 is 1.80 bits per heavy atom. The van der Waals surface area contributed by atoms with Crippen LogP contribution < -0.4 is 10.6 Å². The molecule has 0 radical (unpaired) electrons. The molecule has 3 nitrogen and oxygen atoms in total. The molecule has 2 rings (SSSR count). The van der Waals surface area contributed by atoms with Crippen molar-refractivity contribution in [2.45, 2.75) is 59.4 Å². The molecule has 0 saturated heterocycles. The number of hydrogen-bond donors (Lipinski definition) is 2. The van der Waals surface area contributed by atoms with Crippen LogP contribution >= 0.6 is 0 Å². The number of nitrogens with zero attached hydrogens (tertiary/aromatic N) is 1. The van der Waals surface area contributed by atoms with Crippen LogP contribution in [-0.2, 0) is 6.54 Å². The molecule has 0 bridgehead atoms. The molecule has 0 atom stereocenters. The number of benzene rings is 2. The average molecular weight is 472 g/mol. The molecule has 2 aromatic carbocycles. The fourth-order valence-corrected chi connectivity index (χ4v) is 2.52.